The SMILES string of the molecule is N#Cc1cnc2[nH]cc(C(=O)O)c2n1. The van der Waals surface area contributed by atoms with Gasteiger partial charge in [0.05, 0.1) is 6.20 Å². The molecule has 0 aromatic carbocycles. The molecule has 68 valence electrons. The van der Waals surface area contributed by atoms with Crippen LogP contribution in [0.2, 0.25) is 0 Å². The van der Waals surface area contributed by atoms with Gasteiger partial charge in [-0.25, -0.2) is 14.8 Å². The molecule has 6 heteroatoms. The van der Waals surface area contributed by atoms with Crippen molar-refractivity contribution in [3.05, 3.63) is 23.7 Å². The van der Waals surface area contributed by atoms with Crippen LogP contribution in [-0.2, 0) is 0 Å². The van der Waals surface area contributed by atoms with Crippen molar-refractivity contribution in [2.75, 3.05) is 0 Å². The molecule has 0 atom stereocenters. The second-order valence-corrected chi connectivity index (χ2v) is 2.57. The molecular formula is C8H4N4O2. The summed E-state index contributed by atoms with van der Waals surface area (Å²) in [7, 11) is 0. The Hall–Kier alpha value is -2.42. The number of carboxylic acids is 1. The Morgan fingerprint density at radius 2 is 2.43 bits per heavy atom. The fraction of sp³-hybridized carbons (Fsp3) is 0. The number of nitriles is 1. The van der Waals surface area contributed by atoms with E-state index in [1.54, 1.807) is 6.07 Å². The molecule has 2 aromatic rings. The fourth-order valence-corrected chi connectivity index (χ4v) is 1.11. The first-order chi connectivity index (χ1) is 6.72. The lowest BCUT2D eigenvalue weighted by atomic mass is 10.3. The highest BCUT2D eigenvalue weighted by atomic mass is 16.4. The zero-order chi connectivity index (χ0) is 10.1. The van der Waals surface area contributed by atoms with E-state index >= 15 is 0 Å². The topological polar surface area (TPSA) is 103 Å². The van der Waals surface area contributed by atoms with E-state index in [1.165, 1.54) is 12.4 Å². The number of hydrogen-bond acceptors (Lipinski definition) is 4. The molecule has 0 aliphatic carbocycles. The molecule has 0 aliphatic heterocycles. The maximum Gasteiger partial charge on any atom is 0.339 e. The van der Waals surface area contributed by atoms with E-state index in [9.17, 15) is 4.79 Å². The van der Waals surface area contributed by atoms with Gasteiger partial charge in [0.2, 0.25) is 0 Å². The van der Waals surface area contributed by atoms with Crippen molar-refractivity contribution < 1.29 is 9.90 Å². The minimum Gasteiger partial charge on any atom is -0.478 e. The third-order valence-corrected chi connectivity index (χ3v) is 1.73. The van der Waals surface area contributed by atoms with Gasteiger partial charge >= 0.3 is 5.97 Å². The lowest BCUT2D eigenvalue weighted by Gasteiger charge is -1.91. The predicted molar refractivity (Wildman–Crippen MR) is 45.6 cm³/mol. The second kappa shape index (κ2) is 2.81. The Morgan fingerprint density at radius 3 is 3.07 bits per heavy atom. The van der Waals surface area contributed by atoms with Crippen LogP contribution in [0.4, 0.5) is 0 Å². The quantitative estimate of drug-likeness (QED) is 0.679. The van der Waals surface area contributed by atoms with Gasteiger partial charge in [-0.15, -0.1) is 0 Å². The Balaban J connectivity index is 2.77. The van der Waals surface area contributed by atoms with Crippen LogP contribution in [0.3, 0.4) is 0 Å². The van der Waals surface area contributed by atoms with Gasteiger partial charge in [0.1, 0.15) is 17.1 Å². The van der Waals surface area contributed by atoms with Crippen molar-refractivity contribution in [3.8, 4) is 6.07 Å². The van der Waals surface area contributed by atoms with Gasteiger partial charge < -0.3 is 10.1 Å². The van der Waals surface area contributed by atoms with Crippen LogP contribution >= 0.6 is 0 Å². The molecule has 0 radical (unpaired) electrons. The van der Waals surface area contributed by atoms with Gasteiger partial charge in [0.25, 0.3) is 0 Å². The fourth-order valence-electron chi connectivity index (χ4n) is 1.11. The van der Waals surface area contributed by atoms with Gasteiger partial charge in [0.15, 0.2) is 11.3 Å². The molecule has 14 heavy (non-hydrogen) atoms. The first kappa shape index (κ1) is 8.19. The molecule has 0 unspecified atom stereocenters. The minimum absolute atomic E-state index is 0.0181. The van der Waals surface area contributed by atoms with Crippen molar-refractivity contribution in [1.82, 2.24) is 15.0 Å². The first-order valence-electron chi connectivity index (χ1n) is 3.70. The van der Waals surface area contributed by atoms with Crippen LogP contribution in [0.5, 0.6) is 0 Å². The maximum atomic E-state index is 10.7. The molecule has 2 N–H and O–H groups in total. The summed E-state index contributed by atoms with van der Waals surface area (Å²) < 4.78 is 0. The molecule has 0 saturated heterocycles. The lowest BCUT2D eigenvalue weighted by Crippen LogP contribution is -1.96. The summed E-state index contributed by atoms with van der Waals surface area (Å²) in [6, 6.07) is 1.79. The van der Waals surface area contributed by atoms with Gasteiger partial charge in [-0.05, 0) is 0 Å². The summed E-state index contributed by atoms with van der Waals surface area (Å²) >= 11 is 0. The summed E-state index contributed by atoms with van der Waals surface area (Å²) in [5.41, 5.74) is 0.683. The third-order valence-electron chi connectivity index (χ3n) is 1.73. The van der Waals surface area contributed by atoms with Crippen molar-refractivity contribution >= 4 is 17.1 Å². The zero-order valence-corrected chi connectivity index (χ0v) is 6.85. The van der Waals surface area contributed by atoms with Crippen LogP contribution in [0.15, 0.2) is 12.4 Å². The van der Waals surface area contributed by atoms with Crippen molar-refractivity contribution in [3.63, 3.8) is 0 Å². The number of fused-ring (bicyclic) bond motifs is 1. The number of H-pyrrole nitrogens is 1. The molecule has 2 rings (SSSR count). The van der Waals surface area contributed by atoms with Gasteiger partial charge in [-0.1, -0.05) is 0 Å². The number of aromatic amines is 1. The van der Waals surface area contributed by atoms with Crippen LogP contribution in [-0.4, -0.2) is 26.0 Å². The summed E-state index contributed by atoms with van der Waals surface area (Å²) in [6.45, 7) is 0. The Morgan fingerprint density at radius 1 is 1.64 bits per heavy atom. The highest BCUT2D eigenvalue weighted by Gasteiger charge is 2.12. The van der Waals surface area contributed by atoms with E-state index in [0.717, 1.165) is 0 Å². The third kappa shape index (κ3) is 1.08. The van der Waals surface area contributed by atoms with Crippen molar-refractivity contribution in [2.45, 2.75) is 0 Å². The summed E-state index contributed by atoms with van der Waals surface area (Å²) in [4.78, 5) is 21.1. The monoisotopic (exact) mass is 188 g/mol. The number of aromatic carboxylic acids is 1. The molecule has 0 spiro atoms. The first-order valence-corrected chi connectivity index (χ1v) is 3.70. The van der Waals surface area contributed by atoms with Crippen molar-refractivity contribution in [2.24, 2.45) is 0 Å². The van der Waals surface area contributed by atoms with Crippen LogP contribution in [0.1, 0.15) is 16.1 Å². The number of carbonyl (C=O) groups is 1. The van der Waals surface area contributed by atoms with E-state index in [4.69, 9.17) is 10.4 Å². The number of rotatable bonds is 1. The molecule has 0 bridgehead atoms. The maximum absolute atomic E-state index is 10.7. The molecule has 6 nitrogen and oxygen atoms in total. The lowest BCUT2D eigenvalue weighted by molar-refractivity contribution is 0.0699. The highest BCUT2D eigenvalue weighted by Crippen LogP contribution is 2.13. The van der Waals surface area contributed by atoms with E-state index < -0.39 is 5.97 Å². The zero-order valence-electron chi connectivity index (χ0n) is 6.85. The number of carboxylic acid groups (broad SMARTS) is 1. The molecule has 0 fully saturated rings. The van der Waals surface area contributed by atoms with Crippen molar-refractivity contribution in [1.29, 1.82) is 5.26 Å². The number of nitrogens with one attached hydrogen (secondary N) is 1. The number of hydrogen-bond donors (Lipinski definition) is 2. The molecule has 0 amide bonds. The highest BCUT2D eigenvalue weighted by molar-refractivity contribution is 6.00. The molecule has 0 saturated carbocycles. The van der Waals surface area contributed by atoms with E-state index in [2.05, 4.69) is 15.0 Å². The molecule has 0 aliphatic rings. The average molecular weight is 188 g/mol. The normalized spacial score (nSPS) is 9.93. The minimum atomic E-state index is -1.10. The second-order valence-electron chi connectivity index (χ2n) is 2.57. The predicted octanol–water partition coefficient (Wildman–Crippen LogP) is 0.528. The summed E-state index contributed by atoms with van der Waals surface area (Å²) in [5.74, 6) is -1.10. The van der Waals surface area contributed by atoms with Crippen LogP contribution in [0.25, 0.3) is 11.2 Å². The number of nitrogens with zero attached hydrogens (tertiary/aromatic N) is 3. The Labute approximate surface area is 77.8 Å². The van der Waals surface area contributed by atoms with E-state index in [-0.39, 0.29) is 16.8 Å². The van der Waals surface area contributed by atoms with Gasteiger partial charge in [0, 0.05) is 6.20 Å². The van der Waals surface area contributed by atoms with Crippen LogP contribution < -0.4 is 0 Å². The largest absolute Gasteiger partial charge is 0.478 e. The van der Waals surface area contributed by atoms with Gasteiger partial charge in [-0.3, -0.25) is 0 Å². The average Bonchev–Trinajstić information content (AvgIpc) is 2.59. The standard InChI is InChI=1S/C8H4N4O2/c9-1-4-2-10-7-6(12-4)5(3-11-7)8(13)14/h2-3H,(H,10,11)(H,13,14). The summed E-state index contributed by atoms with van der Waals surface area (Å²) in [6.07, 6.45) is 2.58. The number of aromatic nitrogens is 3. The van der Waals surface area contributed by atoms with Gasteiger partial charge in [-0.2, -0.15) is 5.26 Å². The molecule has 2 heterocycles. The van der Waals surface area contributed by atoms with Crippen LogP contribution in [0, 0.1) is 11.3 Å². The van der Waals surface area contributed by atoms with E-state index in [0.29, 0.717) is 5.65 Å². The Bertz CT molecular complexity index is 552. The van der Waals surface area contributed by atoms with E-state index in [1.807, 2.05) is 0 Å². The smallest absolute Gasteiger partial charge is 0.339 e. The summed E-state index contributed by atoms with van der Waals surface area (Å²) in [5, 5.41) is 17.3. The molecule has 2 aromatic heterocycles. The Kier molecular flexibility index (Phi) is 1.65. The molecular weight excluding hydrogens is 184 g/mol.